The second-order valence-corrected chi connectivity index (χ2v) is 7.10. The largest absolute Gasteiger partial charge is 0.383 e. The van der Waals surface area contributed by atoms with Crippen LogP contribution in [0.25, 0.3) is 0 Å². The molecule has 1 aliphatic rings. The Morgan fingerprint density at radius 3 is 2.70 bits per heavy atom. The van der Waals surface area contributed by atoms with E-state index in [1.54, 1.807) is 7.11 Å². The van der Waals surface area contributed by atoms with Crippen LogP contribution in [0, 0.1) is 11.3 Å². The maximum atomic E-state index is 5.26. The fourth-order valence-corrected chi connectivity index (χ4v) is 3.59. The molecule has 0 aromatic rings. The Morgan fingerprint density at radius 1 is 1.40 bits per heavy atom. The van der Waals surface area contributed by atoms with Crippen LogP contribution in [-0.2, 0) is 4.74 Å². The number of methoxy groups -OCH3 is 1. The Hall–Kier alpha value is -0.120. The summed E-state index contributed by atoms with van der Waals surface area (Å²) in [6.45, 7) is 14.6. The van der Waals surface area contributed by atoms with Crippen LogP contribution in [0.5, 0.6) is 0 Å². The van der Waals surface area contributed by atoms with E-state index in [1.165, 1.54) is 38.8 Å². The van der Waals surface area contributed by atoms with Crippen molar-refractivity contribution in [3.63, 3.8) is 0 Å². The monoisotopic (exact) mass is 284 g/mol. The Kier molecular flexibility index (Phi) is 8.08. The van der Waals surface area contributed by atoms with Gasteiger partial charge in [-0.05, 0) is 30.7 Å². The van der Waals surface area contributed by atoms with Gasteiger partial charge in [-0.25, -0.2) is 0 Å². The molecule has 0 aromatic carbocycles. The molecule has 1 rings (SSSR count). The molecule has 1 fully saturated rings. The van der Waals surface area contributed by atoms with Crippen molar-refractivity contribution in [2.75, 3.05) is 39.9 Å². The summed E-state index contributed by atoms with van der Waals surface area (Å²) in [5, 5.41) is 3.70. The highest BCUT2D eigenvalue weighted by atomic mass is 16.5. The zero-order valence-corrected chi connectivity index (χ0v) is 14.4. The molecule has 0 heterocycles. The number of ether oxygens (including phenoxy) is 1. The lowest BCUT2D eigenvalue weighted by atomic mass is 9.69. The van der Waals surface area contributed by atoms with Gasteiger partial charge >= 0.3 is 0 Å². The molecule has 0 aromatic heterocycles. The number of hydrogen-bond acceptors (Lipinski definition) is 3. The van der Waals surface area contributed by atoms with Gasteiger partial charge in [-0.1, -0.05) is 40.5 Å². The minimum absolute atomic E-state index is 0.464. The van der Waals surface area contributed by atoms with Crippen molar-refractivity contribution in [1.82, 2.24) is 10.2 Å². The highest BCUT2D eigenvalue weighted by Crippen LogP contribution is 2.39. The van der Waals surface area contributed by atoms with Crippen molar-refractivity contribution >= 4 is 0 Å². The average Bonchev–Trinajstić information content (AvgIpc) is 2.41. The summed E-state index contributed by atoms with van der Waals surface area (Å²) in [6, 6.07) is 0.582. The lowest BCUT2D eigenvalue weighted by Gasteiger charge is -2.44. The normalized spacial score (nSPS) is 27.4. The predicted molar refractivity (Wildman–Crippen MR) is 87.2 cm³/mol. The van der Waals surface area contributed by atoms with Gasteiger partial charge in [-0.3, -0.25) is 0 Å². The number of likely N-dealkylation sites (N-methyl/N-ethyl adjacent to an activating group) is 1. The van der Waals surface area contributed by atoms with Gasteiger partial charge in [0.15, 0.2) is 0 Å². The van der Waals surface area contributed by atoms with E-state index >= 15 is 0 Å². The van der Waals surface area contributed by atoms with Crippen LogP contribution in [0.2, 0.25) is 0 Å². The van der Waals surface area contributed by atoms with E-state index in [4.69, 9.17) is 4.74 Å². The number of nitrogens with one attached hydrogen (secondary N) is 1. The summed E-state index contributed by atoms with van der Waals surface area (Å²) >= 11 is 0. The molecule has 20 heavy (non-hydrogen) atoms. The molecular formula is C17H36N2O. The SMILES string of the molecule is CCN(CCOC)CC1(CNC(C)C)CCCC(C)C1. The highest BCUT2D eigenvalue weighted by molar-refractivity contribution is 4.90. The van der Waals surface area contributed by atoms with Gasteiger partial charge in [-0.2, -0.15) is 0 Å². The van der Waals surface area contributed by atoms with Crippen molar-refractivity contribution in [2.24, 2.45) is 11.3 Å². The standard InChI is InChI=1S/C17H36N2O/c1-6-19(10-11-20-5)14-17(13-18-15(2)3)9-7-8-16(4)12-17/h15-16,18H,6-14H2,1-5H3. The third kappa shape index (κ3) is 6.11. The molecule has 0 amide bonds. The van der Waals surface area contributed by atoms with E-state index in [0.29, 0.717) is 11.5 Å². The summed E-state index contributed by atoms with van der Waals surface area (Å²) in [5.74, 6) is 0.874. The molecule has 1 saturated carbocycles. The van der Waals surface area contributed by atoms with Gasteiger partial charge in [0.25, 0.3) is 0 Å². The van der Waals surface area contributed by atoms with Crippen LogP contribution >= 0.6 is 0 Å². The van der Waals surface area contributed by atoms with Crippen LogP contribution in [0.3, 0.4) is 0 Å². The van der Waals surface area contributed by atoms with E-state index < -0.39 is 0 Å². The first-order chi connectivity index (χ1) is 9.51. The molecule has 0 saturated heterocycles. The van der Waals surface area contributed by atoms with E-state index in [-0.39, 0.29) is 0 Å². The van der Waals surface area contributed by atoms with Crippen molar-refractivity contribution in [2.45, 2.75) is 59.4 Å². The molecule has 0 aliphatic heterocycles. The van der Waals surface area contributed by atoms with E-state index in [0.717, 1.165) is 25.6 Å². The molecule has 2 unspecified atom stereocenters. The Balaban J connectivity index is 2.64. The first-order valence-corrected chi connectivity index (χ1v) is 8.46. The fraction of sp³-hybridized carbons (Fsp3) is 1.00. The molecule has 120 valence electrons. The van der Waals surface area contributed by atoms with Gasteiger partial charge in [0.05, 0.1) is 6.61 Å². The molecular weight excluding hydrogens is 248 g/mol. The van der Waals surface area contributed by atoms with Gasteiger partial charge in [0, 0.05) is 32.8 Å². The number of nitrogens with zero attached hydrogens (tertiary/aromatic N) is 1. The first kappa shape index (κ1) is 17.9. The second-order valence-electron chi connectivity index (χ2n) is 7.10. The van der Waals surface area contributed by atoms with Gasteiger partial charge < -0.3 is 15.0 Å². The van der Waals surface area contributed by atoms with Crippen LogP contribution in [-0.4, -0.2) is 50.8 Å². The van der Waals surface area contributed by atoms with Gasteiger partial charge in [0.2, 0.25) is 0 Å². The minimum atomic E-state index is 0.464. The highest BCUT2D eigenvalue weighted by Gasteiger charge is 2.36. The van der Waals surface area contributed by atoms with Crippen molar-refractivity contribution in [3.8, 4) is 0 Å². The molecule has 0 spiro atoms. The van der Waals surface area contributed by atoms with Crippen molar-refractivity contribution in [3.05, 3.63) is 0 Å². The molecule has 1 aliphatic carbocycles. The Morgan fingerprint density at radius 2 is 2.15 bits per heavy atom. The molecule has 2 atom stereocenters. The summed E-state index contributed by atoms with van der Waals surface area (Å²) in [7, 11) is 1.80. The quantitative estimate of drug-likeness (QED) is 0.704. The summed E-state index contributed by atoms with van der Waals surface area (Å²) in [6.07, 6.45) is 5.55. The topological polar surface area (TPSA) is 24.5 Å². The summed E-state index contributed by atoms with van der Waals surface area (Å²) in [5.41, 5.74) is 0.464. The first-order valence-electron chi connectivity index (χ1n) is 8.46. The molecule has 1 N–H and O–H groups in total. The van der Waals surface area contributed by atoms with Crippen LogP contribution in [0.1, 0.15) is 53.4 Å². The lowest BCUT2D eigenvalue weighted by molar-refractivity contribution is 0.0647. The maximum absolute atomic E-state index is 5.26. The smallest absolute Gasteiger partial charge is 0.0589 e. The predicted octanol–water partition coefficient (Wildman–Crippen LogP) is 3.15. The van der Waals surface area contributed by atoms with Crippen molar-refractivity contribution < 1.29 is 4.74 Å². The van der Waals surface area contributed by atoms with Crippen LogP contribution in [0.15, 0.2) is 0 Å². The van der Waals surface area contributed by atoms with Gasteiger partial charge in [-0.15, -0.1) is 0 Å². The third-order valence-corrected chi connectivity index (χ3v) is 4.69. The van der Waals surface area contributed by atoms with Crippen LogP contribution < -0.4 is 5.32 Å². The second kappa shape index (κ2) is 9.01. The summed E-state index contributed by atoms with van der Waals surface area (Å²) in [4.78, 5) is 2.57. The minimum Gasteiger partial charge on any atom is -0.383 e. The molecule has 3 heteroatoms. The van der Waals surface area contributed by atoms with E-state index in [2.05, 4.69) is 37.9 Å². The Bertz CT molecular complexity index is 257. The molecule has 0 bridgehead atoms. The van der Waals surface area contributed by atoms with E-state index in [9.17, 15) is 0 Å². The van der Waals surface area contributed by atoms with Crippen LogP contribution in [0.4, 0.5) is 0 Å². The molecule has 3 nitrogen and oxygen atoms in total. The van der Waals surface area contributed by atoms with E-state index in [1.807, 2.05) is 0 Å². The number of hydrogen-bond donors (Lipinski definition) is 1. The maximum Gasteiger partial charge on any atom is 0.0589 e. The summed E-state index contributed by atoms with van der Waals surface area (Å²) < 4.78 is 5.26. The average molecular weight is 284 g/mol. The third-order valence-electron chi connectivity index (χ3n) is 4.69. The Labute approximate surface area is 126 Å². The fourth-order valence-electron chi connectivity index (χ4n) is 3.59. The van der Waals surface area contributed by atoms with Crippen molar-refractivity contribution in [1.29, 1.82) is 0 Å². The zero-order valence-electron chi connectivity index (χ0n) is 14.4. The lowest BCUT2D eigenvalue weighted by Crippen LogP contribution is -2.48. The number of rotatable bonds is 9. The van der Waals surface area contributed by atoms with Gasteiger partial charge in [0.1, 0.15) is 0 Å². The zero-order chi connectivity index (χ0) is 15.0. The molecule has 0 radical (unpaired) electrons.